The number of carbonyl (C=O) groups is 1. The average molecular weight is 310 g/mol. The summed E-state index contributed by atoms with van der Waals surface area (Å²) in [6.45, 7) is 7.03. The van der Waals surface area contributed by atoms with Crippen LogP contribution in [0.3, 0.4) is 0 Å². The fraction of sp³-hybridized carbons (Fsp3) is 0.632. The lowest BCUT2D eigenvalue weighted by Gasteiger charge is -2.39. The van der Waals surface area contributed by atoms with Crippen LogP contribution in [0.15, 0.2) is 30.3 Å². The quantitative estimate of drug-likeness (QED) is 0.631. The lowest BCUT2D eigenvalue weighted by molar-refractivity contribution is -0.156. The van der Waals surface area contributed by atoms with Gasteiger partial charge < -0.3 is 4.74 Å². The van der Waals surface area contributed by atoms with Crippen LogP contribution in [-0.4, -0.2) is 27.8 Å². The van der Waals surface area contributed by atoms with Crippen molar-refractivity contribution in [1.29, 1.82) is 0 Å². The molecule has 2 fully saturated rings. The van der Waals surface area contributed by atoms with E-state index < -0.39 is 0 Å². The molecule has 4 heteroatoms. The van der Waals surface area contributed by atoms with Gasteiger partial charge in [-0.15, -0.1) is 0 Å². The molecule has 5 atom stereocenters. The average Bonchev–Trinajstić information content (AvgIpc) is 2.87. The second kappa shape index (κ2) is 5.72. The summed E-state index contributed by atoms with van der Waals surface area (Å²) < 4.78 is 6.05. The highest BCUT2D eigenvalue weighted by Crippen LogP contribution is 2.66. The lowest BCUT2D eigenvalue weighted by atomic mass is 9.63. The van der Waals surface area contributed by atoms with Gasteiger partial charge in [0, 0.05) is 11.2 Å². The van der Waals surface area contributed by atoms with Crippen LogP contribution in [0.1, 0.15) is 51.4 Å². The smallest absolute Gasteiger partial charge is 0.300 e. The van der Waals surface area contributed by atoms with E-state index in [1.807, 2.05) is 26.0 Å². The third kappa shape index (κ3) is 2.55. The Bertz CT molecular complexity index is 586. The van der Waals surface area contributed by atoms with Gasteiger partial charge in [-0.3, -0.25) is 4.79 Å². The van der Waals surface area contributed by atoms with Gasteiger partial charge in [-0.05, 0) is 36.4 Å². The standard InChI is InChI=1S/C19H28B2O2/c1-18(2)13-9-10-19(18,3)14(11-13)23-17(22)16(21)15(20)12-7-5-4-6-8-12/h4-8,13-16H,9-11,20-21H2,1-3H3/t13-,14?,15?,16?,19+/m0/s1. The number of carbonyl (C=O) groups excluding carboxylic acids is 1. The fourth-order valence-corrected chi connectivity index (χ4v) is 4.81. The molecule has 0 saturated heterocycles. The Labute approximate surface area is 142 Å². The van der Waals surface area contributed by atoms with Crippen LogP contribution >= 0.6 is 0 Å². The molecule has 122 valence electrons. The molecule has 2 bridgehead atoms. The monoisotopic (exact) mass is 310 g/mol. The molecule has 1 aromatic rings. The van der Waals surface area contributed by atoms with Gasteiger partial charge >= 0.3 is 5.97 Å². The normalized spacial score (nSPS) is 34.0. The minimum absolute atomic E-state index is 0.0315. The summed E-state index contributed by atoms with van der Waals surface area (Å²) in [5.41, 5.74) is 1.63. The molecule has 23 heavy (non-hydrogen) atoms. The van der Waals surface area contributed by atoms with Gasteiger partial charge in [0.15, 0.2) is 0 Å². The van der Waals surface area contributed by atoms with Crippen molar-refractivity contribution in [2.45, 2.75) is 57.8 Å². The van der Waals surface area contributed by atoms with Crippen LogP contribution in [0.25, 0.3) is 0 Å². The zero-order valence-corrected chi connectivity index (χ0v) is 15.1. The summed E-state index contributed by atoms with van der Waals surface area (Å²) in [5, 5.41) is 0. The van der Waals surface area contributed by atoms with Crippen LogP contribution < -0.4 is 0 Å². The molecule has 0 aromatic heterocycles. The number of hydrogen-bond acceptors (Lipinski definition) is 2. The number of fused-ring (bicyclic) bond motifs is 2. The van der Waals surface area contributed by atoms with Crippen LogP contribution in [0.4, 0.5) is 0 Å². The van der Waals surface area contributed by atoms with Crippen LogP contribution in [0.2, 0.25) is 5.82 Å². The van der Waals surface area contributed by atoms with Crippen molar-refractivity contribution >= 4 is 21.7 Å². The maximum atomic E-state index is 12.7. The zero-order chi connectivity index (χ0) is 16.8. The zero-order valence-electron chi connectivity index (χ0n) is 15.1. The first-order valence-electron chi connectivity index (χ1n) is 9.03. The molecular formula is C19H28B2O2. The van der Waals surface area contributed by atoms with Crippen molar-refractivity contribution in [3.05, 3.63) is 35.9 Å². The van der Waals surface area contributed by atoms with Crippen molar-refractivity contribution in [2.75, 3.05) is 0 Å². The third-order valence-corrected chi connectivity index (χ3v) is 7.42. The molecule has 3 unspecified atom stereocenters. The van der Waals surface area contributed by atoms with Gasteiger partial charge in [0.05, 0.1) is 0 Å². The maximum absolute atomic E-state index is 12.7. The molecule has 0 spiro atoms. The van der Waals surface area contributed by atoms with Crippen molar-refractivity contribution in [1.82, 2.24) is 0 Å². The number of hydrogen-bond donors (Lipinski definition) is 0. The number of benzene rings is 1. The molecule has 2 aliphatic rings. The van der Waals surface area contributed by atoms with E-state index in [1.54, 1.807) is 0 Å². The molecule has 0 aliphatic heterocycles. The summed E-state index contributed by atoms with van der Waals surface area (Å²) in [4.78, 5) is 12.7. The number of esters is 1. The van der Waals surface area contributed by atoms with Gasteiger partial charge in [-0.1, -0.05) is 56.7 Å². The molecule has 0 radical (unpaired) electrons. The molecule has 3 rings (SSSR count). The summed E-state index contributed by atoms with van der Waals surface area (Å²) in [6, 6.07) is 10.3. The Hall–Kier alpha value is -1.18. The van der Waals surface area contributed by atoms with Crippen LogP contribution in [0.5, 0.6) is 0 Å². The molecule has 0 amide bonds. The van der Waals surface area contributed by atoms with Crippen LogP contribution in [-0.2, 0) is 9.53 Å². The topological polar surface area (TPSA) is 26.3 Å². The summed E-state index contributed by atoms with van der Waals surface area (Å²) in [7, 11) is 4.12. The maximum Gasteiger partial charge on any atom is 0.300 e. The first kappa shape index (κ1) is 16.7. The fourth-order valence-electron chi connectivity index (χ4n) is 4.81. The second-order valence-corrected chi connectivity index (χ2v) is 8.52. The Balaban J connectivity index is 1.68. The van der Waals surface area contributed by atoms with E-state index in [9.17, 15) is 4.79 Å². The molecule has 0 heterocycles. The van der Waals surface area contributed by atoms with Gasteiger partial charge in [0.2, 0.25) is 0 Å². The highest BCUT2D eigenvalue weighted by atomic mass is 16.5. The summed E-state index contributed by atoms with van der Waals surface area (Å²) in [5.74, 6) is 0.745. The Kier molecular flexibility index (Phi) is 4.14. The Morgan fingerprint density at radius 3 is 2.39 bits per heavy atom. The van der Waals surface area contributed by atoms with Crippen molar-refractivity contribution in [3.8, 4) is 0 Å². The number of ether oxygens (including phenoxy) is 1. The van der Waals surface area contributed by atoms with Gasteiger partial charge in [-0.2, -0.15) is 0 Å². The first-order chi connectivity index (χ1) is 10.8. The predicted molar refractivity (Wildman–Crippen MR) is 99.1 cm³/mol. The SMILES string of the molecule is BC(C(=O)OC1C[C@@H]2CC[C@@]1(C)C2(C)C)C(B)c1ccccc1. The van der Waals surface area contributed by atoms with Crippen molar-refractivity contribution in [2.24, 2.45) is 16.7 Å². The minimum Gasteiger partial charge on any atom is -0.462 e. The Morgan fingerprint density at radius 1 is 1.22 bits per heavy atom. The highest BCUT2D eigenvalue weighted by Gasteiger charge is 2.62. The van der Waals surface area contributed by atoms with E-state index in [2.05, 4.69) is 40.8 Å². The van der Waals surface area contributed by atoms with E-state index >= 15 is 0 Å². The molecule has 2 aliphatic carbocycles. The Morgan fingerprint density at radius 2 is 1.87 bits per heavy atom. The van der Waals surface area contributed by atoms with Gasteiger partial charge in [0.25, 0.3) is 0 Å². The molecular weight excluding hydrogens is 282 g/mol. The molecule has 1 aromatic carbocycles. The van der Waals surface area contributed by atoms with Crippen molar-refractivity contribution in [3.63, 3.8) is 0 Å². The molecule has 0 N–H and O–H groups in total. The van der Waals surface area contributed by atoms with E-state index in [4.69, 9.17) is 4.74 Å². The summed E-state index contributed by atoms with van der Waals surface area (Å²) in [6.07, 6.45) is 3.61. The van der Waals surface area contributed by atoms with Gasteiger partial charge in [-0.25, -0.2) is 0 Å². The van der Waals surface area contributed by atoms with E-state index in [-0.39, 0.29) is 34.5 Å². The predicted octanol–water partition coefficient (Wildman–Crippen LogP) is 2.54. The van der Waals surface area contributed by atoms with E-state index in [1.165, 1.54) is 18.4 Å². The van der Waals surface area contributed by atoms with Crippen LogP contribution in [0, 0.1) is 16.7 Å². The van der Waals surface area contributed by atoms with Gasteiger partial charge in [0.1, 0.15) is 21.8 Å². The largest absolute Gasteiger partial charge is 0.462 e. The lowest BCUT2D eigenvalue weighted by Crippen LogP contribution is -2.39. The third-order valence-electron chi connectivity index (χ3n) is 7.42. The minimum atomic E-state index is -0.108. The molecule has 2 nitrogen and oxygen atoms in total. The second-order valence-electron chi connectivity index (χ2n) is 8.52. The van der Waals surface area contributed by atoms with Crippen molar-refractivity contribution < 1.29 is 9.53 Å². The highest BCUT2D eigenvalue weighted by molar-refractivity contribution is 6.29. The number of rotatable bonds is 4. The summed E-state index contributed by atoms with van der Waals surface area (Å²) >= 11 is 0. The van der Waals surface area contributed by atoms with E-state index in [0.717, 1.165) is 6.42 Å². The molecule has 2 saturated carbocycles. The first-order valence-corrected chi connectivity index (χ1v) is 9.03. The van der Waals surface area contributed by atoms with E-state index in [0.29, 0.717) is 5.92 Å².